The highest BCUT2D eigenvalue weighted by atomic mass is 31.0. The van der Waals surface area contributed by atoms with Gasteiger partial charge in [-0.3, -0.25) is 0 Å². The van der Waals surface area contributed by atoms with E-state index in [1.807, 2.05) is 12.1 Å². The van der Waals surface area contributed by atoms with Crippen LogP contribution in [0.5, 0.6) is 0 Å². The zero-order valence-electron chi connectivity index (χ0n) is 4.89. The smallest absolute Gasteiger partial charge is 0.0814 e. The highest BCUT2D eigenvalue weighted by molar-refractivity contribution is 7.27. The van der Waals surface area contributed by atoms with E-state index in [4.69, 9.17) is 0 Å². The zero-order chi connectivity index (χ0) is 5.98. The second kappa shape index (κ2) is 3.69. The standard InChI is InChI=1S/C7H9P.BH3/c1-6-4-2-3-5-7(6)8;/h2-5H,8H2,1H3;1H3. The predicted molar refractivity (Wildman–Crippen MR) is 50.5 cm³/mol. The molecule has 1 aromatic carbocycles. The summed E-state index contributed by atoms with van der Waals surface area (Å²) in [6.07, 6.45) is 0. The Kier molecular flexibility index (Phi) is 3.57. The first-order valence-electron chi connectivity index (χ1n) is 2.62. The molecule has 1 atom stereocenters. The minimum atomic E-state index is 0. The third-order valence-electron chi connectivity index (χ3n) is 1.19. The molecule has 9 heavy (non-hydrogen) atoms. The largest absolute Gasteiger partial charge is 0.105 e. The summed E-state index contributed by atoms with van der Waals surface area (Å²) in [5.41, 5.74) is 1.33. The molecule has 0 aliphatic heterocycles. The average Bonchev–Trinajstić information content (AvgIpc) is 1.77. The van der Waals surface area contributed by atoms with E-state index in [1.165, 1.54) is 10.9 Å². The van der Waals surface area contributed by atoms with Gasteiger partial charge in [0.2, 0.25) is 0 Å². The van der Waals surface area contributed by atoms with E-state index in [2.05, 4.69) is 28.3 Å². The highest BCUT2D eigenvalue weighted by Gasteiger charge is 1.84. The second-order valence-corrected chi connectivity index (χ2v) is 2.48. The van der Waals surface area contributed by atoms with Crippen molar-refractivity contribution >= 4 is 23.0 Å². The Morgan fingerprint density at radius 1 is 1.22 bits per heavy atom. The van der Waals surface area contributed by atoms with E-state index < -0.39 is 0 Å². The lowest BCUT2D eigenvalue weighted by Crippen LogP contribution is -1.92. The van der Waals surface area contributed by atoms with E-state index >= 15 is 0 Å². The van der Waals surface area contributed by atoms with Crippen molar-refractivity contribution in [3.8, 4) is 0 Å². The number of hydrogen-bond acceptors (Lipinski definition) is 0. The topological polar surface area (TPSA) is 0 Å². The van der Waals surface area contributed by atoms with Crippen LogP contribution >= 0.6 is 9.24 Å². The van der Waals surface area contributed by atoms with Crippen LogP contribution < -0.4 is 5.30 Å². The van der Waals surface area contributed by atoms with Crippen LogP contribution in [-0.2, 0) is 0 Å². The molecule has 0 bridgehead atoms. The fourth-order valence-electron chi connectivity index (χ4n) is 0.587. The second-order valence-electron chi connectivity index (χ2n) is 1.86. The molecule has 0 fully saturated rings. The van der Waals surface area contributed by atoms with Gasteiger partial charge in [0.1, 0.15) is 0 Å². The Hall–Kier alpha value is -0.285. The fourth-order valence-corrected chi connectivity index (χ4v) is 0.794. The SMILES string of the molecule is B.Cc1ccccc1P. The summed E-state index contributed by atoms with van der Waals surface area (Å²) < 4.78 is 0. The summed E-state index contributed by atoms with van der Waals surface area (Å²) >= 11 is 0. The van der Waals surface area contributed by atoms with Gasteiger partial charge >= 0.3 is 0 Å². The van der Waals surface area contributed by atoms with Crippen molar-refractivity contribution in [3.63, 3.8) is 0 Å². The molecule has 48 valence electrons. The first-order valence-corrected chi connectivity index (χ1v) is 3.19. The number of aryl methyl sites for hydroxylation is 1. The van der Waals surface area contributed by atoms with Gasteiger partial charge in [-0.2, -0.15) is 0 Å². The van der Waals surface area contributed by atoms with Crippen LogP contribution in [0.25, 0.3) is 0 Å². The summed E-state index contributed by atoms with van der Waals surface area (Å²) in [6.45, 7) is 2.10. The van der Waals surface area contributed by atoms with Gasteiger partial charge in [-0.05, 0) is 17.8 Å². The maximum absolute atomic E-state index is 2.69. The minimum Gasteiger partial charge on any atom is -0.105 e. The van der Waals surface area contributed by atoms with E-state index in [-0.39, 0.29) is 8.41 Å². The highest BCUT2D eigenvalue weighted by Crippen LogP contribution is 1.96. The first-order chi connectivity index (χ1) is 3.80. The molecule has 0 aliphatic rings. The monoisotopic (exact) mass is 138 g/mol. The normalized spacial score (nSPS) is 8.22. The summed E-state index contributed by atoms with van der Waals surface area (Å²) in [7, 11) is 2.69. The summed E-state index contributed by atoms with van der Waals surface area (Å²) in [5.74, 6) is 0. The lowest BCUT2D eigenvalue weighted by Gasteiger charge is -1.93. The molecule has 0 aliphatic carbocycles. The van der Waals surface area contributed by atoms with E-state index in [1.54, 1.807) is 0 Å². The van der Waals surface area contributed by atoms with E-state index in [9.17, 15) is 0 Å². The van der Waals surface area contributed by atoms with E-state index in [0.29, 0.717) is 0 Å². The Bertz CT molecular complexity index is 165. The van der Waals surface area contributed by atoms with Crippen molar-refractivity contribution < 1.29 is 0 Å². The van der Waals surface area contributed by atoms with Gasteiger partial charge in [0.15, 0.2) is 0 Å². The Balaban J connectivity index is 0.000000640. The summed E-state index contributed by atoms with van der Waals surface area (Å²) in [4.78, 5) is 0. The number of hydrogen-bond donors (Lipinski definition) is 0. The first kappa shape index (κ1) is 8.71. The summed E-state index contributed by atoms with van der Waals surface area (Å²) in [6, 6.07) is 8.26. The number of rotatable bonds is 0. The van der Waals surface area contributed by atoms with Gasteiger partial charge in [0, 0.05) is 0 Å². The minimum absolute atomic E-state index is 0. The van der Waals surface area contributed by atoms with Gasteiger partial charge in [-0.15, -0.1) is 9.24 Å². The molecule has 0 aromatic heterocycles. The molecule has 0 heterocycles. The van der Waals surface area contributed by atoms with Crippen molar-refractivity contribution in [2.45, 2.75) is 6.92 Å². The van der Waals surface area contributed by atoms with Crippen LogP contribution in [0.4, 0.5) is 0 Å². The van der Waals surface area contributed by atoms with Gasteiger partial charge in [0.25, 0.3) is 0 Å². The molecule has 0 saturated carbocycles. The molecule has 1 aromatic rings. The maximum atomic E-state index is 2.69. The van der Waals surface area contributed by atoms with Crippen LogP contribution in [0, 0.1) is 6.92 Å². The third kappa shape index (κ3) is 2.19. The van der Waals surface area contributed by atoms with Crippen molar-refractivity contribution in [1.29, 1.82) is 0 Å². The third-order valence-corrected chi connectivity index (χ3v) is 1.84. The molecule has 2 heteroatoms. The lowest BCUT2D eigenvalue weighted by atomic mass is 10.2. The van der Waals surface area contributed by atoms with Crippen LogP contribution in [-0.4, -0.2) is 8.41 Å². The van der Waals surface area contributed by atoms with Crippen LogP contribution in [0.3, 0.4) is 0 Å². The van der Waals surface area contributed by atoms with Gasteiger partial charge < -0.3 is 0 Å². The zero-order valence-corrected chi connectivity index (χ0v) is 6.04. The Morgan fingerprint density at radius 3 is 2.11 bits per heavy atom. The van der Waals surface area contributed by atoms with Crippen molar-refractivity contribution in [1.82, 2.24) is 0 Å². The number of benzene rings is 1. The van der Waals surface area contributed by atoms with Crippen molar-refractivity contribution in [3.05, 3.63) is 29.8 Å². The van der Waals surface area contributed by atoms with Crippen LogP contribution in [0.2, 0.25) is 0 Å². The predicted octanol–water partition coefficient (Wildman–Crippen LogP) is 0.312. The van der Waals surface area contributed by atoms with Crippen LogP contribution in [0.1, 0.15) is 5.56 Å². The maximum Gasteiger partial charge on any atom is 0.0814 e. The van der Waals surface area contributed by atoms with Gasteiger partial charge in [-0.1, -0.05) is 24.3 Å². The molecule has 0 saturated heterocycles. The summed E-state index contributed by atoms with van der Waals surface area (Å²) in [5, 5.41) is 1.28. The van der Waals surface area contributed by atoms with Crippen molar-refractivity contribution in [2.24, 2.45) is 0 Å². The fraction of sp³-hybridized carbons (Fsp3) is 0.143. The molecule has 0 radical (unpaired) electrons. The van der Waals surface area contributed by atoms with Gasteiger partial charge in [0.05, 0.1) is 8.41 Å². The van der Waals surface area contributed by atoms with Gasteiger partial charge in [-0.25, -0.2) is 0 Å². The molecular weight excluding hydrogens is 126 g/mol. The molecule has 0 N–H and O–H groups in total. The molecule has 1 rings (SSSR count). The molecule has 0 nitrogen and oxygen atoms in total. The molecular formula is C7H12BP. The van der Waals surface area contributed by atoms with Crippen molar-refractivity contribution in [2.75, 3.05) is 0 Å². The van der Waals surface area contributed by atoms with E-state index in [0.717, 1.165) is 0 Å². The Morgan fingerprint density at radius 2 is 1.78 bits per heavy atom. The Labute approximate surface area is 60.4 Å². The van der Waals surface area contributed by atoms with Crippen LogP contribution in [0.15, 0.2) is 24.3 Å². The lowest BCUT2D eigenvalue weighted by molar-refractivity contribution is 1.52. The molecule has 0 spiro atoms. The quantitative estimate of drug-likeness (QED) is 0.357. The molecule has 0 amide bonds. The molecule has 1 unspecified atom stereocenters. The average molecular weight is 138 g/mol.